The van der Waals surface area contributed by atoms with Gasteiger partial charge in [-0.2, -0.15) is 0 Å². The first-order valence-corrected chi connectivity index (χ1v) is 4.07. The van der Waals surface area contributed by atoms with Gasteiger partial charge in [0, 0.05) is 5.92 Å². The number of rotatable bonds is 5. The molecule has 0 spiro atoms. The summed E-state index contributed by atoms with van der Waals surface area (Å²) in [6.45, 7) is 15.2. The smallest absolute Gasteiger partial charge is 0.0735 e. The molecule has 0 rings (SSSR count). The lowest BCUT2D eigenvalue weighted by Crippen LogP contribution is -2.13. The molecular weight excluding hydrogens is 146 g/mol. The summed E-state index contributed by atoms with van der Waals surface area (Å²) >= 11 is 0. The van der Waals surface area contributed by atoms with E-state index in [0.29, 0.717) is 0 Å². The number of aliphatic imine (C=N–C) groups is 1. The Kier molecular flexibility index (Phi) is 5.02. The van der Waals surface area contributed by atoms with Crippen LogP contribution in [0.1, 0.15) is 13.8 Å². The van der Waals surface area contributed by atoms with Crippen LogP contribution in [0.4, 0.5) is 0 Å². The van der Waals surface area contributed by atoms with Gasteiger partial charge < -0.3 is 0 Å². The van der Waals surface area contributed by atoms with Crippen molar-refractivity contribution in [3.8, 4) is 0 Å². The van der Waals surface area contributed by atoms with Crippen molar-refractivity contribution in [2.45, 2.75) is 19.9 Å². The molecule has 1 nitrogen and oxygen atoms in total. The summed E-state index contributed by atoms with van der Waals surface area (Å²) in [6.07, 6.45) is 5.76. The highest BCUT2D eigenvalue weighted by atomic mass is 14.7. The van der Waals surface area contributed by atoms with Crippen molar-refractivity contribution in [2.75, 3.05) is 0 Å². The molecule has 0 aliphatic heterocycles. The Morgan fingerprint density at radius 1 is 1.50 bits per heavy atom. The van der Waals surface area contributed by atoms with E-state index in [-0.39, 0.29) is 12.0 Å². The second kappa shape index (κ2) is 5.53. The first-order valence-electron chi connectivity index (χ1n) is 4.07. The molecule has 0 aromatic heterocycles. The average Bonchev–Trinajstić information content (AvgIpc) is 2.07. The summed E-state index contributed by atoms with van der Waals surface area (Å²) in [7, 11) is 0. The SMILES string of the molecule is C=CC(N=C)C(C)C(=C)/C=C\C. The summed E-state index contributed by atoms with van der Waals surface area (Å²) in [5, 5.41) is 0. The Hall–Kier alpha value is -1.11. The Labute approximate surface area is 75.2 Å². The zero-order valence-electron chi connectivity index (χ0n) is 7.96. The van der Waals surface area contributed by atoms with Gasteiger partial charge in [0.05, 0.1) is 6.04 Å². The van der Waals surface area contributed by atoms with Crippen LogP contribution in [0.25, 0.3) is 0 Å². The standard InChI is InChI=1S/C11H17N/c1-6-8-9(3)10(4)11(7-2)12-5/h6-8,10-11H,2-3,5H2,1,4H3/b8-6-. The van der Waals surface area contributed by atoms with Gasteiger partial charge in [-0.3, -0.25) is 4.99 Å². The summed E-state index contributed by atoms with van der Waals surface area (Å²) in [6, 6.07) is 0.0775. The van der Waals surface area contributed by atoms with E-state index >= 15 is 0 Å². The molecule has 0 amide bonds. The normalized spacial score (nSPS) is 15.5. The molecule has 12 heavy (non-hydrogen) atoms. The molecule has 2 atom stereocenters. The zero-order chi connectivity index (χ0) is 9.56. The van der Waals surface area contributed by atoms with E-state index in [0.717, 1.165) is 5.57 Å². The van der Waals surface area contributed by atoms with Gasteiger partial charge in [-0.25, -0.2) is 0 Å². The molecule has 1 heteroatoms. The van der Waals surface area contributed by atoms with Crippen LogP contribution in [0.3, 0.4) is 0 Å². The highest BCUT2D eigenvalue weighted by molar-refractivity contribution is 5.28. The Morgan fingerprint density at radius 2 is 2.08 bits per heavy atom. The molecule has 0 bridgehead atoms. The van der Waals surface area contributed by atoms with Gasteiger partial charge in [0.1, 0.15) is 0 Å². The predicted molar refractivity (Wildman–Crippen MR) is 56.7 cm³/mol. The van der Waals surface area contributed by atoms with E-state index in [1.165, 1.54) is 0 Å². The number of hydrogen-bond donors (Lipinski definition) is 0. The monoisotopic (exact) mass is 163 g/mol. The lowest BCUT2D eigenvalue weighted by molar-refractivity contribution is 0.617. The third kappa shape index (κ3) is 2.87. The van der Waals surface area contributed by atoms with Crippen LogP contribution in [0.2, 0.25) is 0 Å². The molecule has 0 aromatic carbocycles. The van der Waals surface area contributed by atoms with Crippen LogP contribution in [-0.2, 0) is 0 Å². The van der Waals surface area contributed by atoms with Crippen molar-refractivity contribution in [2.24, 2.45) is 10.9 Å². The average molecular weight is 163 g/mol. The van der Waals surface area contributed by atoms with Crippen molar-refractivity contribution >= 4 is 6.72 Å². The fraction of sp³-hybridized carbons (Fsp3) is 0.364. The summed E-state index contributed by atoms with van der Waals surface area (Å²) in [5.41, 5.74) is 1.06. The minimum Gasteiger partial charge on any atom is -0.293 e. The largest absolute Gasteiger partial charge is 0.293 e. The molecule has 0 aromatic rings. The number of nitrogens with zero attached hydrogens (tertiary/aromatic N) is 1. The maximum absolute atomic E-state index is 3.95. The first-order chi connectivity index (χ1) is 5.67. The summed E-state index contributed by atoms with van der Waals surface area (Å²) < 4.78 is 0. The van der Waals surface area contributed by atoms with Crippen LogP contribution in [0, 0.1) is 5.92 Å². The zero-order valence-corrected chi connectivity index (χ0v) is 7.96. The van der Waals surface area contributed by atoms with E-state index in [1.807, 2.05) is 19.1 Å². The third-order valence-electron chi connectivity index (χ3n) is 1.93. The topological polar surface area (TPSA) is 12.4 Å². The fourth-order valence-corrected chi connectivity index (χ4v) is 1.02. The molecule has 0 saturated heterocycles. The van der Waals surface area contributed by atoms with E-state index in [4.69, 9.17) is 0 Å². The Bertz CT molecular complexity index is 193. The van der Waals surface area contributed by atoms with Gasteiger partial charge in [-0.05, 0) is 13.6 Å². The number of hydrogen-bond acceptors (Lipinski definition) is 1. The molecular formula is C11H17N. The summed E-state index contributed by atoms with van der Waals surface area (Å²) in [5.74, 6) is 0.288. The Balaban J connectivity index is 4.34. The van der Waals surface area contributed by atoms with Crippen LogP contribution in [-0.4, -0.2) is 12.8 Å². The highest BCUT2D eigenvalue weighted by Gasteiger charge is 2.12. The predicted octanol–water partition coefficient (Wildman–Crippen LogP) is 3.01. The number of allylic oxidation sites excluding steroid dienone is 2. The summed E-state index contributed by atoms with van der Waals surface area (Å²) in [4.78, 5) is 3.95. The van der Waals surface area contributed by atoms with E-state index in [1.54, 1.807) is 6.08 Å². The van der Waals surface area contributed by atoms with Crippen molar-refractivity contribution in [3.63, 3.8) is 0 Å². The van der Waals surface area contributed by atoms with Crippen molar-refractivity contribution in [3.05, 3.63) is 37.0 Å². The second-order valence-corrected chi connectivity index (χ2v) is 2.77. The molecule has 0 N–H and O–H groups in total. The highest BCUT2D eigenvalue weighted by Crippen LogP contribution is 2.17. The maximum atomic E-state index is 3.95. The van der Waals surface area contributed by atoms with Crippen molar-refractivity contribution in [1.82, 2.24) is 0 Å². The lowest BCUT2D eigenvalue weighted by atomic mass is 9.94. The second-order valence-electron chi connectivity index (χ2n) is 2.77. The van der Waals surface area contributed by atoms with Crippen molar-refractivity contribution in [1.29, 1.82) is 0 Å². The fourth-order valence-electron chi connectivity index (χ4n) is 1.02. The Morgan fingerprint density at radius 3 is 2.42 bits per heavy atom. The molecule has 2 unspecified atom stereocenters. The van der Waals surface area contributed by atoms with Crippen LogP contribution >= 0.6 is 0 Å². The first kappa shape index (κ1) is 10.9. The van der Waals surface area contributed by atoms with Gasteiger partial charge >= 0.3 is 0 Å². The van der Waals surface area contributed by atoms with Crippen LogP contribution in [0.5, 0.6) is 0 Å². The molecule has 0 saturated carbocycles. The third-order valence-corrected chi connectivity index (χ3v) is 1.93. The molecule has 0 fully saturated rings. The van der Waals surface area contributed by atoms with Gasteiger partial charge in [0.15, 0.2) is 0 Å². The van der Waals surface area contributed by atoms with Gasteiger partial charge in [0.2, 0.25) is 0 Å². The molecule has 66 valence electrons. The van der Waals surface area contributed by atoms with Gasteiger partial charge in [-0.1, -0.05) is 37.3 Å². The van der Waals surface area contributed by atoms with Crippen LogP contribution in [0.15, 0.2) is 42.0 Å². The minimum atomic E-state index is 0.0775. The van der Waals surface area contributed by atoms with Gasteiger partial charge in [0.25, 0.3) is 0 Å². The van der Waals surface area contributed by atoms with E-state index < -0.39 is 0 Å². The lowest BCUT2D eigenvalue weighted by Gasteiger charge is -2.16. The maximum Gasteiger partial charge on any atom is 0.0735 e. The van der Waals surface area contributed by atoms with Crippen molar-refractivity contribution < 1.29 is 0 Å². The molecule has 0 aliphatic carbocycles. The quantitative estimate of drug-likeness (QED) is 0.335. The van der Waals surface area contributed by atoms with Gasteiger partial charge in [-0.15, -0.1) is 6.58 Å². The van der Waals surface area contributed by atoms with Crippen LogP contribution < -0.4 is 0 Å². The molecule has 0 aliphatic rings. The molecule has 0 heterocycles. The van der Waals surface area contributed by atoms with E-state index in [2.05, 4.69) is 31.8 Å². The van der Waals surface area contributed by atoms with E-state index in [9.17, 15) is 0 Å². The minimum absolute atomic E-state index is 0.0775. The molecule has 0 radical (unpaired) electrons.